The lowest BCUT2D eigenvalue weighted by Crippen LogP contribution is -2.31. The molecule has 30 heavy (non-hydrogen) atoms. The van der Waals surface area contributed by atoms with E-state index in [0.717, 1.165) is 6.07 Å². The van der Waals surface area contributed by atoms with Crippen LogP contribution in [-0.4, -0.2) is 43.8 Å². The smallest absolute Gasteiger partial charge is 0.340 e. The number of sulfonamides is 1. The average molecular weight is 457 g/mol. The van der Waals surface area contributed by atoms with E-state index in [9.17, 15) is 22.4 Å². The highest BCUT2D eigenvalue weighted by Crippen LogP contribution is 2.24. The van der Waals surface area contributed by atoms with Gasteiger partial charge >= 0.3 is 5.97 Å². The van der Waals surface area contributed by atoms with Gasteiger partial charge in [0.05, 0.1) is 21.2 Å². The molecule has 0 unspecified atom stereocenters. The van der Waals surface area contributed by atoms with Gasteiger partial charge in [-0.15, -0.1) is 0 Å². The molecule has 0 radical (unpaired) electrons. The summed E-state index contributed by atoms with van der Waals surface area (Å²) in [7, 11) is -3.82. The van der Waals surface area contributed by atoms with Crippen LogP contribution in [0.4, 0.5) is 10.1 Å². The van der Waals surface area contributed by atoms with E-state index in [4.69, 9.17) is 16.3 Å². The maximum Gasteiger partial charge on any atom is 0.340 e. The fourth-order valence-corrected chi connectivity index (χ4v) is 4.29. The van der Waals surface area contributed by atoms with Crippen molar-refractivity contribution in [2.24, 2.45) is 0 Å². The first-order chi connectivity index (χ1) is 14.1. The number of carbonyl (C=O) groups excluding carboxylic acids is 2. The number of esters is 1. The minimum atomic E-state index is -3.82. The number of para-hydroxylation sites is 1. The van der Waals surface area contributed by atoms with Gasteiger partial charge in [0.2, 0.25) is 10.0 Å². The van der Waals surface area contributed by atoms with Crippen LogP contribution in [0.5, 0.6) is 0 Å². The van der Waals surface area contributed by atoms with E-state index in [1.165, 1.54) is 47.6 Å². The predicted octanol–water partition coefficient (Wildman–Crippen LogP) is 3.69. The van der Waals surface area contributed by atoms with Crippen LogP contribution in [0.2, 0.25) is 5.02 Å². The molecule has 1 atom stereocenters. The maximum absolute atomic E-state index is 13.7. The molecule has 162 valence electrons. The van der Waals surface area contributed by atoms with Crippen molar-refractivity contribution in [3.8, 4) is 0 Å². The van der Waals surface area contributed by atoms with E-state index in [1.54, 1.807) is 13.8 Å². The highest BCUT2D eigenvalue weighted by molar-refractivity contribution is 7.89. The Morgan fingerprint density at radius 2 is 1.80 bits per heavy atom. The zero-order valence-corrected chi connectivity index (χ0v) is 18.3. The van der Waals surface area contributed by atoms with Gasteiger partial charge in [-0.05, 0) is 37.3 Å². The zero-order chi connectivity index (χ0) is 22.5. The monoisotopic (exact) mass is 456 g/mol. The SMILES string of the molecule is CCN(CC)S(=O)(=O)c1ccc(Cl)c(C(=O)O[C@H](C)C(=O)Nc2ccccc2F)c1. The summed E-state index contributed by atoms with van der Waals surface area (Å²) in [5, 5.41) is 2.29. The third-order valence-corrected chi connectivity index (χ3v) is 6.66. The molecule has 7 nitrogen and oxygen atoms in total. The van der Waals surface area contributed by atoms with Crippen molar-refractivity contribution in [1.82, 2.24) is 4.31 Å². The van der Waals surface area contributed by atoms with Crippen molar-refractivity contribution < 1.29 is 27.1 Å². The van der Waals surface area contributed by atoms with E-state index in [-0.39, 0.29) is 34.3 Å². The van der Waals surface area contributed by atoms with E-state index >= 15 is 0 Å². The molecule has 0 heterocycles. The number of rotatable bonds is 8. The van der Waals surface area contributed by atoms with E-state index in [2.05, 4.69) is 5.32 Å². The van der Waals surface area contributed by atoms with Gasteiger partial charge in [0.1, 0.15) is 5.82 Å². The largest absolute Gasteiger partial charge is 0.449 e. The molecule has 2 aromatic rings. The fourth-order valence-electron chi connectivity index (χ4n) is 2.61. The van der Waals surface area contributed by atoms with Crippen LogP contribution in [0.3, 0.4) is 0 Å². The summed E-state index contributed by atoms with van der Waals surface area (Å²) < 4.78 is 45.4. The number of halogens is 2. The van der Waals surface area contributed by atoms with E-state index in [1.807, 2.05) is 0 Å². The van der Waals surface area contributed by atoms with Crippen molar-refractivity contribution in [2.45, 2.75) is 31.8 Å². The Bertz CT molecular complexity index is 1040. The lowest BCUT2D eigenvalue weighted by atomic mass is 10.2. The number of ether oxygens (including phenoxy) is 1. The molecule has 0 saturated carbocycles. The van der Waals surface area contributed by atoms with Gasteiger partial charge in [-0.1, -0.05) is 37.6 Å². The first kappa shape index (κ1) is 23.8. The highest BCUT2D eigenvalue weighted by atomic mass is 35.5. The fraction of sp³-hybridized carbons (Fsp3) is 0.300. The number of carbonyl (C=O) groups is 2. The van der Waals surface area contributed by atoms with Crippen LogP contribution < -0.4 is 5.32 Å². The van der Waals surface area contributed by atoms with Gasteiger partial charge in [0.25, 0.3) is 5.91 Å². The van der Waals surface area contributed by atoms with Crippen LogP contribution >= 0.6 is 11.6 Å². The second-order valence-corrected chi connectivity index (χ2v) is 8.59. The van der Waals surface area contributed by atoms with Gasteiger partial charge in [0.15, 0.2) is 6.10 Å². The molecular weight excluding hydrogens is 435 g/mol. The Labute approximate surface area is 179 Å². The zero-order valence-electron chi connectivity index (χ0n) is 16.7. The normalized spacial score (nSPS) is 12.5. The van der Waals surface area contributed by atoms with Crippen LogP contribution in [-0.2, 0) is 19.6 Å². The number of amides is 1. The number of hydrogen-bond donors (Lipinski definition) is 1. The second-order valence-electron chi connectivity index (χ2n) is 6.25. The van der Waals surface area contributed by atoms with Crippen molar-refractivity contribution in [1.29, 1.82) is 0 Å². The molecule has 2 aromatic carbocycles. The Morgan fingerprint density at radius 3 is 2.40 bits per heavy atom. The first-order valence-electron chi connectivity index (χ1n) is 9.17. The Hall–Kier alpha value is -2.49. The molecule has 1 N–H and O–H groups in total. The molecule has 0 bridgehead atoms. The number of anilines is 1. The minimum Gasteiger partial charge on any atom is -0.449 e. The number of nitrogens with one attached hydrogen (secondary N) is 1. The van der Waals surface area contributed by atoms with Crippen molar-refractivity contribution >= 4 is 39.2 Å². The second kappa shape index (κ2) is 10.0. The number of hydrogen-bond acceptors (Lipinski definition) is 5. The quantitative estimate of drug-likeness (QED) is 0.611. The van der Waals surface area contributed by atoms with Crippen molar-refractivity contribution in [3.05, 3.63) is 58.9 Å². The predicted molar refractivity (Wildman–Crippen MR) is 111 cm³/mol. The Balaban J connectivity index is 2.20. The average Bonchev–Trinajstić information content (AvgIpc) is 2.70. The molecule has 0 saturated heterocycles. The van der Waals surface area contributed by atoms with Crippen molar-refractivity contribution in [2.75, 3.05) is 18.4 Å². The van der Waals surface area contributed by atoms with Gasteiger partial charge in [-0.2, -0.15) is 4.31 Å². The third kappa shape index (κ3) is 5.35. The highest BCUT2D eigenvalue weighted by Gasteiger charge is 2.26. The van der Waals surface area contributed by atoms with Crippen molar-refractivity contribution in [3.63, 3.8) is 0 Å². The summed E-state index contributed by atoms with van der Waals surface area (Å²) >= 11 is 6.04. The van der Waals surface area contributed by atoms with Crippen LogP contribution in [0, 0.1) is 5.82 Å². The lowest BCUT2D eigenvalue weighted by molar-refractivity contribution is -0.123. The standard InChI is InChI=1S/C20H22ClFN2O5S/c1-4-24(5-2)30(27,28)14-10-11-16(21)15(12-14)20(26)29-13(3)19(25)23-18-9-7-6-8-17(18)22/h6-13H,4-5H2,1-3H3,(H,23,25)/t13-/m1/s1. The van der Waals surface area contributed by atoms with Gasteiger partial charge in [0, 0.05) is 13.1 Å². The summed E-state index contributed by atoms with van der Waals surface area (Å²) in [5.74, 6) is -2.37. The molecule has 10 heteroatoms. The molecule has 1 amide bonds. The topological polar surface area (TPSA) is 92.8 Å². The summed E-state index contributed by atoms with van der Waals surface area (Å²) in [5.41, 5.74) is -0.258. The van der Waals surface area contributed by atoms with Crippen LogP contribution in [0.15, 0.2) is 47.4 Å². The number of benzene rings is 2. The molecule has 0 aromatic heterocycles. The summed E-state index contributed by atoms with van der Waals surface area (Å²) in [4.78, 5) is 24.6. The summed E-state index contributed by atoms with van der Waals surface area (Å²) in [6.45, 7) is 5.21. The minimum absolute atomic E-state index is 0.0276. The third-order valence-electron chi connectivity index (χ3n) is 4.29. The first-order valence-corrected chi connectivity index (χ1v) is 11.0. The molecule has 0 fully saturated rings. The molecule has 0 aliphatic rings. The summed E-state index contributed by atoms with van der Waals surface area (Å²) in [6.07, 6.45) is -1.28. The molecule has 0 aliphatic heterocycles. The molecular formula is C20H22ClFN2O5S. The Morgan fingerprint density at radius 1 is 1.17 bits per heavy atom. The van der Waals surface area contributed by atoms with Gasteiger partial charge in [-0.3, -0.25) is 4.79 Å². The van der Waals surface area contributed by atoms with Crippen LogP contribution in [0.25, 0.3) is 0 Å². The van der Waals surface area contributed by atoms with Crippen LogP contribution in [0.1, 0.15) is 31.1 Å². The van der Waals surface area contributed by atoms with E-state index in [0.29, 0.717) is 0 Å². The van der Waals surface area contributed by atoms with E-state index < -0.39 is 33.8 Å². The Kier molecular flexibility index (Phi) is 7.94. The number of nitrogens with zero attached hydrogens (tertiary/aromatic N) is 1. The summed E-state index contributed by atoms with van der Waals surface area (Å²) in [6, 6.07) is 9.22. The lowest BCUT2D eigenvalue weighted by Gasteiger charge is -2.19. The molecule has 0 spiro atoms. The van der Waals surface area contributed by atoms with Gasteiger partial charge < -0.3 is 10.1 Å². The molecule has 2 rings (SSSR count). The molecule has 0 aliphatic carbocycles. The van der Waals surface area contributed by atoms with Gasteiger partial charge in [-0.25, -0.2) is 17.6 Å². The maximum atomic E-state index is 13.7.